The molecule has 0 spiro atoms. The van der Waals surface area contributed by atoms with Gasteiger partial charge in [-0.3, -0.25) is 13.9 Å². The molecule has 1 N–H and O–H groups in total. The first-order valence-electron chi connectivity index (χ1n) is 12.2. The number of nitrogens with one attached hydrogen (secondary N) is 1. The summed E-state index contributed by atoms with van der Waals surface area (Å²) in [5.41, 5.74) is 0.611. The number of nitrogens with zero attached hydrogens (tertiary/aromatic N) is 2. The largest absolute Gasteiger partial charge is 0.497 e. The Kier molecular flexibility index (Phi) is 10.4. The first-order chi connectivity index (χ1) is 17.3. The fourth-order valence-corrected chi connectivity index (χ4v) is 4.64. The maximum atomic E-state index is 13.7. The summed E-state index contributed by atoms with van der Waals surface area (Å²) < 4.78 is 37.1. The predicted molar refractivity (Wildman–Crippen MR) is 145 cm³/mol. The van der Waals surface area contributed by atoms with Crippen molar-refractivity contribution in [2.45, 2.75) is 59.2 Å². The van der Waals surface area contributed by atoms with Gasteiger partial charge in [0.15, 0.2) is 0 Å². The third kappa shape index (κ3) is 8.96. The highest BCUT2D eigenvalue weighted by atomic mass is 32.2. The van der Waals surface area contributed by atoms with Gasteiger partial charge in [-0.15, -0.1) is 0 Å². The standard InChI is InChI=1S/C27H39N3O6S/c1-8-24(26(32)28-27(3,4)5)29(18-20-10-14-22(35-6)15-11-20)25(31)19-30(37(7,33)34)21-12-16-23(17-13-21)36-9-2/h10-17,24H,8-9,18-19H2,1-7H3,(H,28,32)/t24-/m0/s1. The third-order valence-corrected chi connectivity index (χ3v) is 6.65. The molecule has 0 fully saturated rings. The number of carbonyl (C=O) groups is 2. The van der Waals surface area contributed by atoms with Crippen molar-refractivity contribution in [2.24, 2.45) is 0 Å². The molecule has 0 radical (unpaired) electrons. The van der Waals surface area contributed by atoms with E-state index in [0.717, 1.165) is 16.1 Å². The van der Waals surface area contributed by atoms with Crippen molar-refractivity contribution in [2.75, 3.05) is 30.8 Å². The van der Waals surface area contributed by atoms with Crippen molar-refractivity contribution in [1.82, 2.24) is 10.2 Å². The first-order valence-corrected chi connectivity index (χ1v) is 14.1. The Morgan fingerprint density at radius 2 is 1.54 bits per heavy atom. The van der Waals surface area contributed by atoms with Crippen LogP contribution in [0.25, 0.3) is 0 Å². The minimum atomic E-state index is -3.81. The van der Waals surface area contributed by atoms with E-state index >= 15 is 0 Å². The van der Waals surface area contributed by atoms with Gasteiger partial charge in [0.25, 0.3) is 0 Å². The van der Waals surface area contributed by atoms with Crippen LogP contribution in [0.1, 0.15) is 46.6 Å². The molecule has 0 saturated heterocycles. The van der Waals surface area contributed by atoms with Crippen molar-refractivity contribution in [3.8, 4) is 11.5 Å². The van der Waals surface area contributed by atoms with Gasteiger partial charge in [-0.2, -0.15) is 0 Å². The van der Waals surface area contributed by atoms with E-state index in [-0.39, 0.29) is 12.5 Å². The molecule has 2 aromatic rings. The summed E-state index contributed by atoms with van der Waals surface area (Å²) in [4.78, 5) is 28.4. The molecule has 9 nitrogen and oxygen atoms in total. The van der Waals surface area contributed by atoms with E-state index in [1.54, 1.807) is 43.5 Å². The zero-order valence-corrected chi connectivity index (χ0v) is 23.6. The molecule has 0 aliphatic carbocycles. The minimum absolute atomic E-state index is 0.125. The van der Waals surface area contributed by atoms with Crippen LogP contribution in [0.2, 0.25) is 0 Å². The monoisotopic (exact) mass is 533 g/mol. The summed E-state index contributed by atoms with van der Waals surface area (Å²) in [5.74, 6) is 0.463. The lowest BCUT2D eigenvalue weighted by Crippen LogP contribution is -2.55. The maximum Gasteiger partial charge on any atom is 0.244 e. The van der Waals surface area contributed by atoms with Crippen LogP contribution < -0.4 is 19.1 Å². The Hall–Kier alpha value is -3.27. The second-order valence-electron chi connectivity index (χ2n) is 9.73. The second-order valence-corrected chi connectivity index (χ2v) is 11.6. The summed E-state index contributed by atoms with van der Waals surface area (Å²) >= 11 is 0. The van der Waals surface area contributed by atoms with Crippen molar-refractivity contribution < 1.29 is 27.5 Å². The molecular formula is C27H39N3O6S. The zero-order valence-electron chi connectivity index (χ0n) is 22.8. The maximum absolute atomic E-state index is 13.7. The van der Waals surface area contributed by atoms with Gasteiger partial charge in [-0.25, -0.2) is 8.42 Å². The van der Waals surface area contributed by atoms with Gasteiger partial charge in [0.05, 0.1) is 25.7 Å². The molecule has 204 valence electrons. The van der Waals surface area contributed by atoms with Crippen molar-refractivity contribution in [3.63, 3.8) is 0 Å². The highest BCUT2D eigenvalue weighted by Crippen LogP contribution is 2.23. The topological polar surface area (TPSA) is 105 Å². The van der Waals surface area contributed by atoms with Crippen LogP contribution in [0, 0.1) is 0 Å². The number of anilines is 1. The lowest BCUT2D eigenvalue weighted by molar-refractivity contribution is -0.141. The number of hydrogen-bond donors (Lipinski definition) is 1. The van der Waals surface area contributed by atoms with Gasteiger partial charge < -0.3 is 19.7 Å². The number of carbonyl (C=O) groups excluding carboxylic acids is 2. The van der Waals surface area contributed by atoms with Crippen LogP contribution in [0.15, 0.2) is 48.5 Å². The van der Waals surface area contributed by atoms with Crippen LogP contribution >= 0.6 is 0 Å². The Labute approximate surface area is 220 Å². The average molecular weight is 534 g/mol. The minimum Gasteiger partial charge on any atom is -0.497 e. The first kappa shape index (κ1) is 30.0. The average Bonchev–Trinajstić information content (AvgIpc) is 2.81. The predicted octanol–water partition coefficient (Wildman–Crippen LogP) is 3.58. The number of methoxy groups -OCH3 is 1. The van der Waals surface area contributed by atoms with Crippen molar-refractivity contribution in [1.29, 1.82) is 0 Å². The van der Waals surface area contributed by atoms with Gasteiger partial charge in [0.2, 0.25) is 21.8 Å². The number of rotatable bonds is 12. The van der Waals surface area contributed by atoms with E-state index in [0.29, 0.717) is 30.2 Å². The number of benzene rings is 2. The van der Waals surface area contributed by atoms with Crippen molar-refractivity contribution >= 4 is 27.5 Å². The van der Waals surface area contributed by atoms with Gasteiger partial charge >= 0.3 is 0 Å². The van der Waals surface area contributed by atoms with Crippen LogP contribution in [-0.2, 0) is 26.2 Å². The van der Waals surface area contributed by atoms with Gasteiger partial charge in [0.1, 0.15) is 24.1 Å². The molecule has 0 aliphatic heterocycles. The Bertz CT molecular complexity index is 1140. The summed E-state index contributed by atoms with van der Waals surface area (Å²) in [6.07, 6.45) is 1.40. The van der Waals surface area contributed by atoms with Crippen LogP contribution in [-0.4, -0.2) is 63.2 Å². The van der Waals surface area contributed by atoms with Crippen LogP contribution in [0.4, 0.5) is 5.69 Å². The lowest BCUT2D eigenvalue weighted by Gasteiger charge is -2.34. The quantitative estimate of drug-likeness (QED) is 0.447. The summed E-state index contributed by atoms with van der Waals surface area (Å²) in [6, 6.07) is 12.9. The molecule has 0 aliphatic rings. The molecule has 0 saturated carbocycles. The number of amides is 2. The van der Waals surface area contributed by atoms with E-state index in [1.165, 1.54) is 4.90 Å². The normalized spacial score (nSPS) is 12.4. The summed E-state index contributed by atoms with van der Waals surface area (Å²) in [7, 11) is -2.24. The molecule has 10 heteroatoms. The molecule has 2 rings (SSSR count). The number of hydrogen-bond acceptors (Lipinski definition) is 6. The number of ether oxygens (including phenoxy) is 2. The SMILES string of the molecule is CCOc1ccc(N(CC(=O)N(Cc2ccc(OC)cc2)[C@@H](CC)C(=O)NC(C)(C)C)S(C)(=O)=O)cc1. The van der Waals surface area contributed by atoms with E-state index in [9.17, 15) is 18.0 Å². The fraction of sp³-hybridized carbons (Fsp3) is 0.481. The molecule has 2 aromatic carbocycles. The molecule has 0 aromatic heterocycles. The summed E-state index contributed by atoms with van der Waals surface area (Å²) in [5, 5.41) is 2.94. The van der Waals surface area contributed by atoms with Gasteiger partial charge in [-0.1, -0.05) is 19.1 Å². The number of sulfonamides is 1. The fourth-order valence-electron chi connectivity index (χ4n) is 3.79. The molecule has 2 amide bonds. The van der Waals surface area contributed by atoms with E-state index in [1.807, 2.05) is 46.8 Å². The van der Waals surface area contributed by atoms with Crippen molar-refractivity contribution in [3.05, 3.63) is 54.1 Å². The van der Waals surface area contributed by atoms with Crippen LogP contribution in [0.5, 0.6) is 11.5 Å². The molecule has 0 heterocycles. The molecule has 37 heavy (non-hydrogen) atoms. The van der Waals surface area contributed by atoms with E-state index < -0.39 is 34.1 Å². The highest BCUT2D eigenvalue weighted by Gasteiger charge is 2.33. The Morgan fingerprint density at radius 3 is 2.00 bits per heavy atom. The molecule has 0 unspecified atom stereocenters. The molecule has 1 atom stereocenters. The third-order valence-electron chi connectivity index (χ3n) is 5.51. The highest BCUT2D eigenvalue weighted by molar-refractivity contribution is 7.92. The molecule has 0 bridgehead atoms. The van der Waals surface area contributed by atoms with Gasteiger partial charge in [-0.05, 0) is 76.1 Å². The zero-order chi connectivity index (χ0) is 27.8. The molecular weight excluding hydrogens is 494 g/mol. The van der Waals surface area contributed by atoms with E-state index in [4.69, 9.17) is 9.47 Å². The van der Waals surface area contributed by atoms with E-state index in [2.05, 4.69) is 5.32 Å². The Morgan fingerprint density at radius 1 is 0.973 bits per heavy atom. The van der Waals surface area contributed by atoms with Gasteiger partial charge in [0, 0.05) is 12.1 Å². The smallest absolute Gasteiger partial charge is 0.244 e. The lowest BCUT2D eigenvalue weighted by atomic mass is 10.1. The second kappa shape index (κ2) is 12.8. The summed E-state index contributed by atoms with van der Waals surface area (Å²) in [6.45, 7) is 9.42. The Balaban J connectivity index is 2.43. The van der Waals surface area contributed by atoms with Crippen LogP contribution in [0.3, 0.4) is 0 Å².